The Labute approximate surface area is 115 Å². The topological polar surface area (TPSA) is 38.9 Å². The quantitative estimate of drug-likeness (QED) is 0.897. The molecule has 1 aliphatic rings. The van der Waals surface area contributed by atoms with Gasteiger partial charge in [0.25, 0.3) is 0 Å². The molecular weight excluding hydrogens is 232 g/mol. The molecule has 0 radical (unpaired) electrons. The number of hydrogen-bond acceptors (Lipinski definition) is 2. The fourth-order valence-electron chi connectivity index (χ4n) is 3.46. The smallest absolute Gasteiger partial charge is 0.0749 e. The Morgan fingerprint density at radius 1 is 1.26 bits per heavy atom. The van der Waals surface area contributed by atoms with Crippen LogP contribution >= 0.6 is 0 Å². The van der Waals surface area contributed by atoms with Crippen LogP contribution in [-0.4, -0.2) is 4.98 Å². The van der Waals surface area contributed by atoms with Crippen LogP contribution in [0.3, 0.4) is 0 Å². The first-order valence-electron chi connectivity index (χ1n) is 7.38. The molecule has 0 bridgehead atoms. The molecule has 2 heteroatoms. The first-order chi connectivity index (χ1) is 9.29. The van der Waals surface area contributed by atoms with Gasteiger partial charge in [0.05, 0.1) is 5.52 Å². The maximum atomic E-state index is 6.54. The number of nitrogens with two attached hydrogens (primary N) is 1. The first kappa shape index (κ1) is 12.6. The summed E-state index contributed by atoms with van der Waals surface area (Å²) in [7, 11) is 0. The van der Waals surface area contributed by atoms with E-state index in [0.29, 0.717) is 5.92 Å². The van der Waals surface area contributed by atoms with Gasteiger partial charge in [0.1, 0.15) is 0 Å². The Kier molecular flexibility index (Phi) is 3.52. The van der Waals surface area contributed by atoms with Crippen molar-refractivity contribution in [3.8, 4) is 0 Å². The summed E-state index contributed by atoms with van der Waals surface area (Å²) in [6.07, 6.45) is 7.04. The minimum Gasteiger partial charge on any atom is -0.324 e. The third kappa shape index (κ3) is 2.37. The maximum Gasteiger partial charge on any atom is 0.0749 e. The van der Waals surface area contributed by atoms with E-state index in [-0.39, 0.29) is 6.04 Å². The van der Waals surface area contributed by atoms with Crippen LogP contribution in [0.5, 0.6) is 0 Å². The standard InChI is InChI=1S/C17H22N2/c1-2-12-8-9-14(11-12)16(18)15-7-3-5-13-6-4-10-19-17(13)15/h3-7,10,12,14,16H,2,8-9,11,18H2,1H3. The van der Waals surface area contributed by atoms with Crippen LogP contribution in [-0.2, 0) is 0 Å². The molecule has 2 N–H and O–H groups in total. The van der Waals surface area contributed by atoms with Gasteiger partial charge >= 0.3 is 0 Å². The van der Waals surface area contributed by atoms with Crippen molar-refractivity contribution >= 4 is 10.9 Å². The summed E-state index contributed by atoms with van der Waals surface area (Å²) in [5.41, 5.74) is 8.85. The zero-order valence-corrected chi connectivity index (χ0v) is 11.5. The number of rotatable bonds is 3. The van der Waals surface area contributed by atoms with Gasteiger partial charge in [-0.1, -0.05) is 44.0 Å². The van der Waals surface area contributed by atoms with Gasteiger partial charge in [0, 0.05) is 17.6 Å². The van der Waals surface area contributed by atoms with E-state index in [1.807, 2.05) is 12.3 Å². The number of pyridine rings is 1. The molecule has 1 heterocycles. The summed E-state index contributed by atoms with van der Waals surface area (Å²) >= 11 is 0. The second-order valence-corrected chi connectivity index (χ2v) is 5.80. The molecule has 1 aromatic carbocycles. The molecular formula is C17H22N2. The van der Waals surface area contributed by atoms with Gasteiger partial charge in [-0.2, -0.15) is 0 Å². The fraction of sp³-hybridized carbons (Fsp3) is 0.471. The molecule has 0 saturated heterocycles. The van der Waals surface area contributed by atoms with Crippen LogP contribution in [0.1, 0.15) is 44.2 Å². The van der Waals surface area contributed by atoms with Gasteiger partial charge in [-0.05, 0) is 36.3 Å². The number of nitrogens with zero attached hydrogens (tertiary/aromatic N) is 1. The number of aromatic nitrogens is 1. The highest BCUT2D eigenvalue weighted by atomic mass is 14.7. The molecule has 19 heavy (non-hydrogen) atoms. The van der Waals surface area contributed by atoms with Gasteiger partial charge < -0.3 is 5.73 Å². The lowest BCUT2D eigenvalue weighted by Gasteiger charge is -2.21. The highest BCUT2D eigenvalue weighted by Gasteiger charge is 2.29. The molecule has 1 saturated carbocycles. The van der Waals surface area contributed by atoms with Gasteiger partial charge in [-0.3, -0.25) is 4.98 Å². The lowest BCUT2D eigenvalue weighted by Crippen LogP contribution is -2.20. The van der Waals surface area contributed by atoms with Crippen LogP contribution in [0.25, 0.3) is 10.9 Å². The number of para-hydroxylation sites is 1. The minimum atomic E-state index is 0.134. The Bertz CT molecular complexity index is 559. The van der Waals surface area contributed by atoms with Gasteiger partial charge in [0.15, 0.2) is 0 Å². The summed E-state index contributed by atoms with van der Waals surface area (Å²) < 4.78 is 0. The molecule has 100 valence electrons. The zero-order chi connectivity index (χ0) is 13.2. The third-order valence-electron chi connectivity index (χ3n) is 4.69. The molecule has 2 nitrogen and oxygen atoms in total. The van der Waals surface area contributed by atoms with Gasteiger partial charge in [-0.15, -0.1) is 0 Å². The van der Waals surface area contributed by atoms with Gasteiger partial charge in [0.2, 0.25) is 0 Å². The Balaban J connectivity index is 1.92. The molecule has 0 aliphatic heterocycles. The fourth-order valence-corrected chi connectivity index (χ4v) is 3.46. The summed E-state index contributed by atoms with van der Waals surface area (Å²) in [5, 5.41) is 1.19. The molecule has 2 aromatic rings. The summed E-state index contributed by atoms with van der Waals surface area (Å²) in [4.78, 5) is 4.53. The monoisotopic (exact) mass is 254 g/mol. The van der Waals surface area contributed by atoms with Crippen molar-refractivity contribution in [2.75, 3.05) is 0 Å². The zero-order valence-electron chi connectivity index (χ0n) is 11.5. The Morgan fingerprint density at radius 2 is 2.11 bits per heavy atom. The number of benzene rings is 1. The second-order valence-electron chi connectivity index (χ2n) is 5.80. The van der Waals surface area contributed by atoms with Crippen LogP contribution < -0.4 is 5.73 Å². The average Bonchev–Trinajstić information content (AvgIpc) is 2.95. The largest absolute Gasteiger partial charge is 0.324 e. The van der Waals surface area contributed by atoms with E-state index >= 15 is 0 Å². The average molecular weight is 254 g/mol. The van der Waals surface area contributed by atoms with Crippen LogP contribution in [0, 0.1) is 11.8 Å². The molecule has 1 aliphatic carbocycles. The lowest BCUT2D eigenvalue weighted by atomic mass is 9.90. The lowest BCUT2D eigenvalue weighted by molar-refractivity contribution is 0.418. The van der Waals surface area contributed by atoms with E-state index in [4.69, 9.17) is 5.73 Å². The summed E-state index contributed by atoms with van der Waals surface area (Å²) in [6, 6.07) is 10.6. The second kappa shape index (κ2) is 5.30. The van der Waals surface area contributed by atoms with Crippen molar-refractivity contribution in [1.29, 1.82) is 0 Å². The predicted octanol–water partition coefficient (Wildman–Crippen LogP) is 4.06. The Hall–Kier alpha value is -1.41. The number of hydrogen-bond donors (Lipinski definition) is 1. The molecule has 0 amide bonds. The molecule has 1 aromatic heterocycles. The van der Waals surface area contributed by atoms with Crippen molar-refractivity contribution < 1.29 is 0 Å². The van der Waals surface area contributed by atoms with Crippen molar-refractivity contribution in [2.45, 2.75) is 38.6 Å². The molecule has 3 atom stereocenters. The van der Waals surface area contributed by atoms with E-state index in [9.17, 15) is 0 Å². The van der Waals surface area contributed by atoms with Crippen LogP contribution in [0.15, 0.2) is 36.5 Å². The normalized spacial score (nSPS) is 24.7. The first-order valence-corrected chi connectivity index (χ1v) is 7.38. The van der Waals surface area contributed by atoms with Gasteiger partial charge in [-0.25, -0.2) is 0 Å². The van der Waals surface area contributed by atoms with Crippen molar-refractivity contribution in [1.82, 2.24) is 4.98 Å². The van der Waals surface area contributed by atoms with Crippen molar-refractivity contribution in [3.05, 3.63) is 42.1 Å². The van der Waals surface area contributed by atoms with Crippen LogP contribution in [0.4, 0.5) is 0 Å². The summed E-state index contributed by atoms with van der Waals surface area (Å²) in [6.45, 7) is 2.29. The molecule has 3 rings (SSSR count). The van der Waals surface area contributed by atoms with E-state index in [2.05, 4.69) is 36.2 Å². The summed E-state index contributed by atoms with van der Waals surface area (Å²) in [5.74, 6) is 1.50. The van der Waals surface area contributed by atoms with E-state index in [1.165, 1.54) is 36.6 Å². The predicted molar refractivity (Wildman–Crippen MR) is 79.8 cm³/mol. The minimum absolute atomic E-state index is 0.134. The van der Waals surface area contributed by atoms with Crippen molar-refractivity contribution in [2.24, 2.45) is 17.6 Å². The van der Waals surface area contributed by atoms with Crippen molar-refractivity contribution in [3.63, 3.8) is 0 Å². The number of fused-ring (bicyclic) bond motifs is 1. The SMILES string of the molecule is CCC1CCC(C(N)c2cccc3cccnc23)C1. The molecule has 1 fully saturated rings. The van der Waals surface area contributed by atoms with E-state index in [1.54, 1.807) is 0 Å². The molecule has 0 spiro atoms. The highest BCUT2D eigenvalue weighted by Crippen LogP contribution is 2.40. The Morgan fingerprint density at radius 3 is 2.89 bits per heavy atom. The third-order valence-corrected chi connectivity index (χ3v) is 4.69. The molecule has 3 unspecified atom stereocenters. The maximum absolute atomic E-state index is 6.54. The van der Waals surface area contributed by atoms with Crippen LogP contribution in [0.2, 0.25) is 0 Å². The van der Waals surface area contributed by atoms with E-state index in [0.717, 1.165) is 11.4 Å². The highest BCUT2D eigenvalue weighted by molar-refractivity contribution is 5.82. The van der Waals surface area contributed by atoms with E-state index < -0.39 is 0 Å².